The first-order valence-electron chi connectivity index (χ1n) is 13.8. The molecule has 13 nitrogen and oxygen atoms in total. The van der Waals surface area contributed by atoms with Crippen molar-refractivity contribution in [2.75, 3.05) is 5.73 Å². The van der Waals surface area contributed by atoms with Gasteiger partial charge < -0.3 is 20.3 Å². The first kappa shape index (κ1) is 40.4. The van der Waals surface area contributed by atoms with Crippen LogP contribution in [0.4, 0.5) is 30.2 Å². The molecule has 6 aromatic rings. The third-order valence-electron chi connectivity index (χ3n) is 5.46. The number of nitrogen functional groups attached to an aromatic ring is 1. The maximum absolute atomic E-state index is 12.9. The summed E-state index contributed by atoms with van der Waals surface area (Å²) in [5.41, 5.74) is 5.84. The molecule has 51 heavy (non-hydrogen) atoms. The minimum atomic E-state index is -0.557. The summed E-state index contributed by atoms with van der Waals surface area (Å²) in [4.78, 5) is 30.5. The van der Waals surface area contributed by atoms with Crippen LogP contribution in [-0.4, -0.2) is 29.9 Å². The number of hydrogen-bond donors (Lipinski definition) is 2. The fourth-order valence-electron chi connectivity index (χ4n) is 3.25. The van der Waals surface area contributed by atoms with E-state index in [2.05, 4.69) is 15.0 Å². The Morgan fingerprint density at radius 3 is 1.43 bits per heavy atom. The molecular weight excluding hydrogens is 697 g/mol. The molecule has 264 valence electrons. The van der Waals surface area contributed by atoms with E-state index in [0.29, 0.717) is 17.3 Å². The second kappa shape index (κ2) is 20.5. The summed E-state index contributed by atoms with van der Waals surface area (Å²) < 4.78 is 48.2. The predicted octanol–water partition coefficient (Wildman–Crippen LogP) is 9.33. The lowest BCUT2D eigenvalue weighted by molar-refractivity contribution is -0.385. The zero-order chi connectivity index (χ0) is 36.5. The third kappa shape index (κ3) is 15.3. The Bertz CT molecular complexity index is 1980. The van der Waals surface area contributed by atoms with Gasteiger partial charge in [0, 0.05) is 42.5 Å². The van der Waals surface area contributed by atoms with E-state index in [0.717, 1.165) is 18.5 Å². The standard InChI is InChI=1S/C11H7FN2O3.C11H9FN2O.C6H5FO.C5H3ClN2O2.CH4/c12-8-2-1-3-10(6-8)17-11-5-4-9(7-13-11)14(15)16;12-8-2-1-3-10(6-8)15-11-5-4-9(13)7-14-11;7-5-2-1-3-6(8)4-5;6-5-2-1-4(3-7-5)8(9)10;/h1-7H;1-7H,13H2;1-4,8H;1-3H;1H4. The van der Waals surface area contributed by atoms with Crippen LogP contribution >= 0.6 is 11.6 Å². The number of nitrogens with zero attached hydrogens (tertiary/aromatic N) is 5. The van der Waals surface area contributed by atoms with Crippen LogP contribution in [0.3, 0.4) is 0 Å². The Morgan fingerprint density at radius 1 is 0.627 bits per heavy atom. The van der Waals surface area contributed by atoms with Gasteiger partial charge in [-0.05, 0) is 48.5 Å². The molecule has 17 heteroatoms. The van der Waals surface area contributed by atoms with E-state index in [-0.39, 0.29) is 47.2 Å². The smallest absolute Gasteiger partial charge is 0.287 e. The van der Waals surface area contributed by atoms with Crippen molar-refractivity contribution in [3.63, 3.8) is 0 Å². The quantitative estimate of drug-likeness (QED) is 0.0945. The van der Waals surface area contributed by atoms with Crippen LogP contribution in [0.5, 0.6) is 29.0 Å². The number of ether oxygens (including phenoxy) is 2. The number of anilines is 1. The first-order chi connectivity index (χ1) is 23.9. The van der Waals surface area contributed by atoms with Crippen molar-refractivity contribution in [3.8, 4) is 29.0 Å². The van der Waals surface area contributed by atoms with Gasteiger partial charge in [0.2, 0.25) is 11.8 Å². The lowest BCUT2D eigenvalue weighted by Crippen LogP contribution is -1.91. The fraction of sp³-hybridized carbons (Fsp3) is 0.0294. The van der Waals surface area contributed by atoms with Crippen LogP contribution in [0, 0.1) is 37.7 Å². The molecule has 0 saturated heterocycles. The minimum absolute atomic E-state index is 0. The van der Waals surface area contributed by atoms with E-state index < -0.39 is 21.5 Å². The van der Waals surface area contributed by atoms with Gasteiger partial charge in [-0.3, -0.25) is 20.2 Å². The highest BCUT2D eigenvalue weighted by atomic mass is 35.5. The predicted molar refractivity (Wildman–Crippen MR) is 183 cm³/mol. The Balaban J connectivity index is 0.000000243. The molecule has 0 aliphatic rings. The van der Waals surface area contributed by atoms with Crippen LogP contribution in [0.25, 0.3) is 0 Å². The summed E-state index contributed by atoms with van der Waals surface area (Å²) in [7, 11) is 0. The number of nitro groups is 2. The SMILES string of the molecule is C.Nc1ccc(Oc2cccc(F)c2)nc1.O=[N+]([O-])c1ccc(Cl)nc1.O=[N+]([O-])c1ccc(Oc2cccc(F)c2)nc1.Oc1cccc(F)c1. The van der Waals surface area contributed by atoms with Gasteiger partial charge in [-0.15, -0.1) is 0 Å². The second-order valence-corrected chi connectivity index (χ2v) is 9.62. The second-order valence-electron chi connectivity index (χ2n) is 9.24. The Labute approximate surface area is 293 Å². The average molecular weight is 725 g/mol. The molecule has 0 atom stereocenters. The van der Waals surface area contributed by atoms with Crippen molar-refractivity contribution >= 4 is 28.7 Å². The van der Waals surface area contributed by atoms with Crippen LogP contribution in [0.15, 0.2) is 128 Å². The highest BCUT2D eigenvalue weighted by Gasteiger charge is 2.07. The molecule has 0 unspecified atom stereocenters. The molecule has 0 fully saturated rings. The molecule has 0 aliphatic heterocycles. The van der Waals surface area contributed by atoms with E-state index in [1.165, 1.54) is 79.0 Å². The van der Waals surface area contributed by atoms with Gasteiger partial charge in [-0.25, -0.2) is 28.1 Å². The maximum atomic E-state index is 12.9. The maximum Gasteiger partial charge on any atom is 0.287 e. The summed E-state index contributed by atoms with van der Waals surface area (Å²) in [6.07, 6.45) is 3.67. The molecule has 6 rings (SSSR count). The normalized spacial score (nSPS) is 9.49. The summed E-state index contributed by atoms with van der Waals surface area (Å²) in [5.74, 6) is 0.0250. The molecule has 0 bridgehead atoms. The van der Waals surface area contributed by atoms with E-state index in [4.69, 9.17) is 31.9 Å². The van der Waals surface area contributed by atoms with Gasteiger partial charge >= 0.3 is 0 Å². The van der Waals surface area contributed by atoms with Crippen LogP contribution in [0.1, 0.15) is 7.43 Å². The molecule has 3 aromatic carbocycles. The topological polar surface area (TPSA) is 190 Å². The van der Waals surface area contributed by atoms with Crippen LogP contribution < -0.4 is 15.2 Å². The number of nitrogens with two attached hydrogens (primary N) is 1. The summed E-state index contributed by atoms with van der Waals surface area (Å²) in [6, 6.07) is 25.2. The highest BCUT2D eigenvalue weighted by Crippen LogP contribution is 2.22. The van der Waals surface area contributed by atoms with Gasteiger partial charge in [0.15, 0.2) is 0 Å². The number of rotatable bonds is 6. The van der Waals surface area contributed by atoms with Crippen molar-refractivity contribution in [2.24, 2.45) is 0 Å². The van der Waals surface area contributed by atoms with Gasteiger partial charge in [0.1, 0.15) is 52.2 Å². The lowest BCUT2D eigenvalue weighted by atomic mass is 10.3. The Hall–Kier alpha value is -6.81. The van der Waals surface area contributed by atoms with Gasteiger partial charge in [-0.1, -0.05) is 37.2 Å². The lowest BCUT2D eigenvalue weighted by Gasteiger charge is -2.04. The number of aromatic hydroxyl groups is 1. The van der Waals surface area contributed by atoms with E-state index in [1.807, 2.05) is 0 Å². The molecule has 0 saturated carbocycles. The first-order valence-corrected chi connectivity index (χ1v) is 14.1. The number of phenols is 1. The molecule has 0 amide bonds. The van der Waals surface area contributed by atoms with Gasteiger partial charge in [0.25, 0.3) is 11.4 Å². The number of hydrogen-bond acceptors (Lipinski definition) is 11. The van der Waals surface area contributed by atoms with Gasteiger partial charge in [0.05, 0.1) is 21.7 Å². The largest absolute Gasteiger partial charge is 0.508 e. The van der Waals surface area contributed by atoms with Crippen LogP contribution in [0.2, 0.25) is 5.15 Å². The average Bonchev–Trinajstić information content (AvgIpc) is 3.07. The third-order valence-corrected chi connectivity index (χ3v) is 5.68. The molecule has 0 radical (unpaired) electrons. The number of phenolic OH excluding ortho intramolecular Hbond substituents is 1. The van der Waals surface area contributed by atoms with E-state index in [9.17, 15) is 33.4 Å². The van der Waals surface area contributed by atoms with Crippen molar-refractivity contribution in [1.82, 2.24) is 15.0 Å². The van der Waals surface area contributed by atoms with Crippen molar-refractivity contribution in [1.29, 1.82) is 0 Å². The van der Waals surface area contributed by atoms with Crippen molar-refractivity contribution in [3.05, 3.63) is 171 Å². The fourth-order valence-corrected chi connectivity index (χ4v) is 3.36. The van der Waals surface area contributed by atoms with E-state index >= 15 is 0 Å². The molecule has 3 N–H and O–H groups in total. The highest BCUT2D eigenvalue weighted by molar-refractivity contribution is 6.29. The molecule has 0 aliphatic carbocycles. The number of pyridine rings is 3. The van der Waals surface area contributed by atoms with E-state index in [1.54, 1.807) is 30.3 Å². The molecule has 3 aromatic heterocycles. The zero-order valence-corrected chi connectivity index (χ0v) is 26.1. The zero-order valence-electron chi connectivity index (χ0n) is 25.3. The number of aromatic nitrogens is 3. The Kier molecular flexibility index (Phi) is 16.3. The number of halogens is 4. The van der Waals surface area contributed by atoms with Gasteiger partial charge in [-0.2, -0.15) is 0 Å². The Morgan fingerprint density at radius 2 is 1.08 bits per heavy atom. The van der Waals surface area contributed by atoms with Crippen LogP contribution in [-0.2, 0) is 0 Å². The summed E-state index contributed by atoms with van der Waals surface area (Å²) in [6.45, 7) is 0. The minimum Gasteiger partial charge on any atom is -0.508 e. The molecular formula is C34H28ClF3N6O7. The summed E-state index contributed by atoms with van der Waals surface area (Å²) in [5, 5.41) is 29.3. The summed E-state index contributed by atoms with van der Waals surface area (Å²) >= 11 is 5.38. The molecule has 3 heterocycles. The monoisotopic (exact) mass is 724 g/mol. The van der Waals surface area contributed by atoms with Crippen molar-refractivity contribution < 1.29 is 37.6 Å². The van der Waals surface area contributed by atoms with Crippen molar-refractivity contribution in [2.45, 2.75) is 7.43 Å². The number of benzene rings is 3. The molecule has 0 spiro atoms.